The second-order valence-corrected chi connectivity index (χ2v) is 7.26. The first-order valence-corrected chi connectivity index (χ1v) is 9.70. The van der Waals surface area contributed by atoms with E-state index in [1.54, 1.807) is 0 Å². The molecule has 3 rings (SSSR count). The summed E-state index contributed by atoms with van der Waals surface area (Å²) >= 11 is 0. The fourth-order valence-electron chi connectivity index (χ4n) is 3.74. The lowest BCUT2D eigenvalue weighted by Gasteiger charge is -2.34. The molecule has 1 aliphatic heterocycles. The molecule has 1 aliphatic rings. The molecule has 0 spiro atoms. The van der Waals surface area contributed by atoms with Crippen molar-refractivity contribution in [2.45, 2.75) is 52.6 Å². The van der Waals surface area contributed by atoms with Gasteiger partial charge in [-0.25, -0.2) is 0 Å². The number of carbonyl (C=O) groups is 1. The first-order chi connectivity index (χ1) is 12.6. The van der Waals surface area contributed by atoms with Crippen LogP contribution in [0.4, 0.5) is 0 Å². The van der Waals surface area contributed by atoms with Crippen LogP contribution in [0.1, 0.15) is 53.5 Å². The van der Waals surface area contributed by atoms with Crippen LogP contribution in [0.3, 0.4) is 0 Å². The van der Waals surface area contributed by atoms with E-state index in [0.29, 0.717) is 6.04 Å². The van der Waals surface area contributed by atoms with Crippen molar-refractivity contribution in [2.75, 3.05) is 19.6 Å². The van der Waals surface area contributed by atoms with Crippen molar-refractivity contribution in [3.63, 3.8) is 0 Å². The molecule has 2 aromatic rings. The number of piperidine rings is 1. The van der Waals surface area contributed by atoms with Crippen molar-refractivity contribution >= 4 is 18.3 Å². The predicted octanol–water partition coefficient (Wildman–Crippen LogP) is 3.57. The second-order valence-electron chi connectivity index (χ2n) is 7.26. The Labute approximate surface area is 168 Å². The summed E-state index contributed by atoms with van der Waals surface area (Å²) in [6.07, 6.45) is 3.08. The zero-order chi connectivity index (χ0) is 18.5. The SMILES string of the molecule is CCCN(C(=O)c1ccc(Cn2nc(C)cc2C)cc1)C1CCNCC1.Cl. The molecular formula is C21H31ClN4O. The third-order valence-electron chi connectivity index (χ3n) is 5.11. The molecule has 1 fully saturated rings. The van der Waals surface area contributed by atoms with E-state index >= 15 is 0 Å². The van der Waals surface area contributed by atoms with Crippen molar-refractivity contribution in [2.24, 2.45) is 0 Å². The molecule has 0 saturated carbocycles. The number of carbonyl (C=O) groups excluding carboxylic acids is 1. The number of amides is 1. The predicted molar refractivity (Wildman–Crippen MR) is 112 cm³/mol. The van der Waals surface area contributed by atoms with Crippen molar-refractivity contribution in [3.8, 4) is 0 Å². The van der Waals surface area contributed by atoms with Gasteiger partial charge in [0.1, 0.15) is 0 Å². The van der Waals surface area contributed by atoms with Gasteiger partial charge in [0.15, 0.2) is 0 Å². The highest BCUT2D eigenvalue weighted by Crippen LogP contribution is 2.17. The lowest BCUT2D eigenvalue weighted by molar-refractivity contribution is 0.0642. The molecule has 148 valence electrons. The van der Waals surface area contributed by atoms with Crippen LogP contribution in [0.5, 0.6) is 0 Å². The third-order valence-corrected chi connectivity index (χ3v) is 5.11. The number of hydrogen-bond donors (Lipinski definition) is 1. The maximum atomic E-state index is 13.0. The summed E-state index contributed by atoms with van der Waals surface area (Å²) in [6.45, 7) is 9.78. The van der Waals surface area contributed by atoms with Crippen LogP contribution in [-0.2, 0) is 6.54 Å². The summed E-state index contributed by atoms with van der Waals surface area (Å²) in [4.78, 5) is 15.1. The van der Waals surface area contributed by atoms with Gasteiger partial charge in [0.25, 0.3) is 5.91 Å². The Hall–Kier alpha value is -1.85. The van der Waals surface area contributed by atoms with Crippen LogP contribution < -0.4 is 5.32 Å². The largest absolute Gasteiger partial charge is 0.336 e. The number of benzene rings is 1. The van der Waals surface area contributed by atoms with Gasteiger partial charge < -0.3 is 10.2 Å². The quantitative estimate of drug-likeness (QED) is 0.820. The molecule has 1 N–H and O–H groups in total. The van der Waals surface area contributed by atoms with Crippen LogP contribution in [0.15, 0.2) is 30.3 Å². The Morgan fingerprint density at radius 3 is 2.44 bits per heavy atom. The van der Waals surface area contributed by atoms with Gasteiger partial charge in [-0.05, 0) is 70.0 Å². The fraction of sp³-hybridized carbons (Fsp3) is 0.524. The number of aryl methyl sites for hydroxylation is 2. The number of nitrogens with one attached hydrogen (secondary N) is 1. The van der Waals surface area contributed by atoms with Crippen LogP contribution in [0.25, 0.3) is 0 Å². The Balaban J connectivity index is 0.00000261. The highest BCUT2D eigenvalue weighted by molar-refractivity contribution is 5.94. The lowest BCUT2D eigenvalue weighted by atomic mass is 10.0. The highest BCUT2D eigenvalue weighted by atomic mass is 35.5. The minimum Gasteiger partial charge on any atom is -0.336 e. The van der Waals surface area contributed by atoms with Crippen LogP contribution in [-0.4, -0.2) is 46.3 Å². The summed E-state index contributed by atoms with van der Waals surface area (Å²) in [5.41, 5.74) is 4.14. The van der Waals surface area contributed by atoms with Crippen LogP contribution >= 0.6 is 12.4 Å². The topological polar surface area (TPSA) is 50.2 Å². The van der Waals surface area contributed by atoms with Crippen LogP contribution in [0, 0.1) is 13.8 Å². The first kappa shape index (κ1) is 21.5. The molecule has 1 saturated heterocycles. The van der Waals surface area contributed by atoms with E-state index in [2.05, 4.69) is 47.4 Å². The highest BCUT2D eigenvalue weighted by Gasteiger charge is 2.25. The van der Waals surface area contributed by atoms with E-state index in [9.17, 15) is 4.79 Å². The minimum atomic E-state index is 0. The van der Waals surface area contributed by atoms with Crippen molar-refractivity contribution < 1.29 is 4.79 Å². The molecular weight excluding hydrogens is 360 g/mol. The van der Waals surface area contributed by atoms with Gasteiger partial charge in [-0.3, -0.25) is 9.48 Å². The average Bonchev–Trinajstić information content (AvgIpc) is 2.97. The van der Waals surface area contributed by atoms with E-state index in [4.69, 9.17) is 0 Å². The zero-order valence-corrected chi connectivity index (χ0v) is 17.4. The van der Waals surface area contributed by atoms with Gasteiger partial charge in [-0.2, -0.15) is 5.10 Å². The summed E-state index contributed by atoms with van der Waals surface area (Å²) in [7, 11) is 0. The summed E-state index contributed by atoms with van der Waals surface area (Å²) in [5, 5.41) is 7.89. The number of rotatable bonds is 6. The van der Waals surface area contributed by atoms with Gasteiger partial charge in [0.05, 0.1) is 12.2 Å². The molecule has 6 heteroatoms. The van der Waals surface area contributed by atoms with Gasteiger partial charge in [-0.15, -0.1) is 12.4 Å². The molecule has 5 nitrogen and oxygen atoms in total. The molecule has 27 heavy (non-hydrogen) atoms. The van der Waals surface area contributed by atoms with Crippen molar-refractivity contribution in [1.82, 2.24) is 20.0 Å². The van der Waals surface area contributed by atoms with E-state index in [1.807, 2.05) is 23.7 Å². The summed E-state index contributed by atoms with van der Waals surface area (Å²) in [6, 6.07) is 10.5. The van der Waals surface area contributed by atoms with Gasteiger partial charge in [-0.1, -0.05) is 19.1 Å². The van der Waals surface area contributed by atoms with Crippen molar-refractivity contribution in [3.05, 3.63) is 52.8 Å². The first-order valence-electron chi connectivity index (χ1n) is 9.70. The average molecular weight is 391 g/mol. The molecule has 2 heterocycles. The van der Waals surface area contributed by atoms with Gasteiger partial charge in [0.2, 0.25) is 0 Å². The molecule has 0 unspecified atom stereocenters. The fourth-order valence-corrected chi connectivity index (χ4v) is 3.74. The molecule has 0 bridgehead atoms. The summed E-state index contributed by atoms with van der Waals surface area (Å²) in [5.74, 6) is 0.163. The number of halogens is 1. The van der Waals surface area contributed by atoms with Gasteiger partial charge in [0, 0.05) is 23.8 Å². The maximum absolute atomic E-state index is 13.0. The number of hydrogen-bond acceptors (Lipinski definition) is 3. The zero-order valence-electron chi connectivity index (χ0n) is 16.6. The Morgan fingerprint density at radius 1 is 1.22 bits per heavy atom. The third kappa shape index (κ3) is 5.33. The second kappa shape index (κ2) is 9.90. The Morgan fingerprint density at radius 2 is 1.89 bits per heavy atom. The molecule has 1 amide bonds. The normalized spacial score (nSPS) is 14.6. The smallest absolute Gasteiger partial charge is 0.254 e. The van der Waals surface area contributed by atoms with E-state index in [-0.39, 0.29) is 18.3 Å². The maximum Gasteiger partial charge on any atom is 0.254 e. The van der Waals surface area contributed by atoms with Gasteiger partial charge >= 0.3 is 0 Å². The minimum absolute atomic E-state index is 0. The molecule has 0 atom stereocenters. The standard InChI is InChI=1S/C21H30N4O.ClH/c1-4-13-24(20-9-11-22-12-10-20)21(26)19-7-5-18(6-8-19)15-25-17(3)14-16(2)23-25;/h5-8,14,20,22H,4,9-13,15H2,1-3H3;1H. The molecule has 1 aromatic heterocycles. The van der Waals surface area contributed by atoms with E-state index in [0.717, 1.165) is 68.0 Å². The lowest BCUT2D eigenvalue weighted by Crippen LogP contribution is -2.46. The van der Waals surface area contributed by atoms with Crippen LogP contribution in [0.2, 0.25) is 0 Å². The van der Waals surface area contributed by atoms with Crippen molar-refractivity contribution in [1.29, 1.82) is 0 Å². The Kier molecular flexibility index (Phi) is 7.87. The molecule has 0 aliphatic carbocycles. The monoisotopic (exact) mass is 390 g/mol. The molecule has 0 radical (unpaired) electrons. The molecule has 1 aromatic carbocycles. The van der Waals surface area contributed by atoms with E-state index < -0.39 is 0 Å². The number of aromatic nitrogens is 2. The number of nitrogens with zero attached hydrogens (tertiary/aromatic N) is 3. The summed E-state index contributed by atoms with van der Waals surface area (Å²) < 4.78 is 2.00. The van der Waals surface area contributed by atoms with E-state index in [1.165, 1.54) is 0 Å². The Bertz CT molecular complexity index is 735.